The van der Waals surface area contributed by atoms with E-state index in [9.17, 15) is 13.2 Å². The van der Waals surface area contributed by atoms with Crippen LogP contribution in [0.2, 0.25) is 0 Å². The number of rotatable bonds is 8. The van der Waals surface area contributed by atoms with Crippen molar-refractivity contribution < 1.29 is 17.7 Å². The summed E-state index contributed by atoms with van der Waals surface area (Å²) in [6.07, 6.45) is 5.02. The zero-order valence-electron chi connectivity index (χ0n) is 16.7. The number of carbonyl (C=O) groups is 1. The summed E-state index contributed by atoms with van der Waals surface area (Å²) < 4.78 is 32.0. The lowest BCUT2D eigenvalue weighted by Gasteiger charge is -2.17. The van der Waals surface area contributed by atoms with E-state index in [1.165, 1.54) is 43.9 Å². The standard InChI is InChI=1S/C18H27N5O4S2/c1-13-17(14(2)27-22-13)29(25,26)19-8-7-16(24)21-18-20-15(12-28-18)11-23-9-5-3-4-6-10-23/h12,19H,3-11H2,1-2H3,(H,20,21,24). The van der Waals surface area contributed by atoms with Crippen LogP contribution in [0.5, 0.6) is 0 Å². The Morgan fingerprint density at radius 3 is 2.62 bits per heavy atom. The van der Waals surface area contributed by atoms with Gasteiger partial charge in [0.25, 0.3) is 0 Å². The summed E-state index contributed by atoms with van der Waals surface area (Å²) in [5, 5.41) is 8.88. The molecule has 1 fully saturated rings. The van der Waals surface area contributed by atoms with Crippen molar-refractivity contribution in [1.82, 2.24) is 19.8 Å². The van der Waals surface area contributed by atoms with Gasteiger partial charge in [-0.15, -0.1) is 11.3 Å². The molecule has 29 heavy (non-hydrogen) atoms. The molecule has 0 spiro atoms. The van der Waals surface area contributed by atoms with Crippen LogP contribution in [0.4, 0.5) is 5.13 Å². The van der Waals surface area contributed by atoms with Gasteiger partial charge in [0.15, 0.2) is 10.9 Å². The number of anilines is 1. The zero-order valence-corrected chi connectivity index (χ0v) is 18.4. The first-order valence-electron chi connectivity index (χ1n) is 9.74. The highest BCUT2D eigenvalue weighted by Crippen LogP contribution is 2.20. The molecular weight excluding hydrogens is 414 g/mol. The van der Waals surface area contributed by atoms with Gasteiger partial charge in [-0.25, -0.2) is 18.1 Å². The maximum absolute atomic E-state index is 12.3. The Morgan fingerprint density at radius 2 is 1.97 bits per heavy atom. The number of aromatic nitrogens is 2. The molecule has 2 N–H and O–H groups in total. The van der Waals surface area contributed by atoms with Gasteiger partial charge in [-0.3, -0.25) is 9.69 Å². The fourth-order valence-electron chi connectivity index (χ4n) is 3.37. The molecule has 1 aliphatic heterocycles. The molecule has 0 radical (unpaired) electrons. The first-order chi connectivity index (χ1) is 13.8. The lowest BCUT2D eigenvalue weighted by Crippen LogP contribution is -2.28. The number of aryl methyl sites for hydroxylation is 2. The number of hydrogen-bond donors (Lipinski definition) is 2. The minimum Gasteiger partial charge on any atom is -0.360 e. The minimum absolute atomic E-state index is 0.00361. The van der Waals surface area contributed by atoms with Gasteiger partial charge >= 0.3 is 0 Å². The molecule has 0 aromatic carbocycles. The van der Waals surface area contributed by atoms with Gasteiger partial charge in [-0.05, 0) is 39.8 Å². The van der Waals surface area contributed by atoms with Crippen LogP contribution in [-0.4, -0.2) is 49.0 Å². The smallest absolute Gasteiger partial charge is 0.245 e. The largest absolute Gasteiger partial charge is 0.360 e. The van der Waals surface area contributed by atoms with Crippen molar-refractivity contribution in [1.29, 1.82) is 0 Å². The molecule has 11 heteroatoms. The maximum atomic E-state index is 12.3. The summed E-state index contributed by atoms with van der Waals surface area (Å²) >= 11 is 1.38. The molecule has 0 bridgehead atoms. The van der Waals surface area contributed by atoms with E-state index in [1.807, 2.05) is 5.38 Å². The number of nitrogens with zero attached hydrogens (tertiary/aromatic N) is 3. The Hall–Kier alpha value is -1.82. The number of sulfonamides is 1. The van der Waals surface area contributed by atoms with Crippen LogP contribution in [0, 0.1) is 13.8 Å². The third kappa shape index (κ3) is 6.08. The predicted molar refractivity (Wildman–Crippen MR) is 110 cm³/mol. The van der Waals surface area contributed by atoms with Gasteiger partial charge in [-0.2, -0.15) is 0 Å². The normalized spacial score (nSPS) is 15.9. The minimum atomic E-state index is -3.77. The molecule has 3 heterocycles. The number of nitrogens with one attached hydrogen (secondary N) is 2. The Labute approximate surface area is 174 Å². The van der Waals surface area contributed by atoms with Crippen molar-refractivity contribution in [3.05, 3.63) is 22.5 Å². The van der Waals surface area contributed by atoms with E-state index < -0.39 is 10.0 Å². The highest BCUT2D eigenvalue weighted by Gasteiger charge is 2.24. The molecule has 9 nitrogen and oxygen atoms in total. The predicted octanol–water partition coefficient (Wildman–Crippen LogP) is 2.43. The molecule has 1 amide bonds. The molecule has 1 saturated heterocycles. The molecule has 2 aromatic rings. The monoisotopic (exact) mass is 441 g/mol. The summed E-state index contributed by atoms with van der Waals surface area (Å²) in [5.74, 6) is -0.0682. The van der Waals surface area contributed by atoms with Gasteiger partial charge in [0, 0.05) is 24.9 Å². The Bertz CT molecular complexity index is 910. The Kier molecular flexibility index (Phi) is 7.38. The number of amides is 1. The van der Waals surface area contributed by atoms with Crippen LogP contribution in [0.1, 0.15) is 49.3 Å². The van der Waals surface area contributed by atoms with Gasteiger partial charge < -0.3 is 9.84 Å². The van der Waals surface area contributed by atoms with E-state index in [0.717, 1.165) is 25.3 Å². The molecule has 3 rings (SSSR count). The number of likely N-dealkylation sites (tertiary alicyclic amines) is 1. The molecule has 2 aromatic heterocycles. The Morgan fingerprint density at radius 1 is 1.24 bits per heavy atom. The third-order valence-electron chi connectivity index (χ3n) is 4.76. The van der Waals surface area contributed by atoms with Crippen LogP contribution >= 0.6 is 11.3 Å². The molecule has 0 unspecified atom stereocenters. The SMILES string of the molecule is Cc1noc(C)c1S(=O)(=O)NCCC(=O)Nc1nc(CN2CCCCCC2)cs1. The van der Waals surface area contributed by atoms with Crippen molar-refractivity contribution in [2.45, 2.75) is 57.4 Å². The van der Waals surface area contributed by atoms with E-state index in [4.69, 9.17) is 4.52 Å². The molecule has 1 aliphatic rings. The summed E-state index contributed by atoms with van der Waals surface area (Å²) in [6, 6.07) is 0. The van der Waals surface area contributed by atoms with E-state index in [0.29, 0.717) is 10.8 Å². The van der Waals surface area contributed by atoms with E-state index in [-0.39, 0.29) is 29.5 Å². The average Bonchev–Trinajstić information content (AvgIpc) is 3.12. The summed E-state index contributed by atoms with van der Waals surface area (Å²) in [7, 11) is -3.77. The first kappa shape index (κ1) is 21.9. The van der Waals surface area contributed by atoms with Gasteiger partial charge in [0.1, 0.15) is 10.6 Å². The topological polar surface area (TPSA) is 117 Å². The fourth-order valence-corrected chi connectivity index (χ4v) is 5.45. The van der Waals surface area contributed by atoms with Crippen LogP contribution in [-0.2, 0) is 21.4 Å². The maximum Gasteiger partial charge on any atom is 0.245 e. The third-order valence-corrected chi connectivity index (χ3v) is 7.27. The van der Waals surface area contributed by atoms with Gasteiger partial charge in [-0.1, -0.05) is 18.0 Å². The van der Waals surface area contributed by atoms with E-state index in [1.54, 1.807) is 6.92 Å². The molecule has 0 atom stereocenters. The highest BCUT2D eigenvalue weighted by molar-refractivity contribution is 7.89. The van der Waals surface area contributed by atoms with Crippen molar-refractivity contribution in [3.8, 4) is 0 Å². The second-order valence-electron chi connectivity index (χ2n) is 7.18. The quantitative estimate of drug-likeness (QED) is 0.646. The molecule has 0 saturated carbocycles. The number of carbonyl (C=O) groups excluding carboxylic acids is 1. The lowest BCUT2D eigenvalue weighted by molar-refractivity contribution is -0.116. The van der Waals surface area contributed by atoms with Crippen molar-refractivity contribution in [2.24, 2.45) is 0 Å². The first-order valence-corrected chi connectivity index (χ1v) is 12.1. The fraction of sp³-hybridized carbons (Fsp3) is 0.611. The van der Waals surface area contributed by atoms with Crippen molar-refractivity contribution in [3.63, 3.8) is 0 Å². The molecule has 0 aliphatic carbocycles. The van der Waals surface area contributed by atoms with E-state index in [2.05, 4.69) is 25.1 Å². The van der Waals surface area contributed by atoms with Crippen LogP contribution in [0.3, 0.4) is 0 Å². The zero-order chi connectivity index (χ0) is 20.9. The van der Waals surface area contributed by atoms with Crippen molar-refractivity contribution in [2.75, 3.05) is 25.0 Å². The summed E-state index contributed by atoms with van der Waals surface area (Å²) in [6.45, 7) is 6.04. The van der Waals surface area contributed by atoms with Crippen LogP contribution < -0.4 is 10.0 Å². The van der Waals surface area contributed by atoms with Crippen LogP contribution in [0.15, 0.2) is 14.8 Å². The molecular formula is C18H27N5O4S2. The second kappa shape index (κ2) is 9.79. The number of hydrogen-bond acceptors (Lipinski definition) is 8. The highest BCUT2D eigenvalue weighted by atomic mass is 32.2. The Balaban J connectivity index is 1.46. The molecule has 160 valence electrons. The van der Waals surface area contributed by atoms with E-state index >= 15 is 0 Å². The van der Waals surface area contributed by atoms with Crippen molar-refractivity contribution >= 4 is 32.4 Å². The second-order valence-corrected chi connectivity index (χ2v) is 9.75. The lowest BCUT2D eigenvalue weighted by atomic mass is 10.2. The van der Waals surface area contributed by atoms with Gasteiger partial charge in [0.05, 0.1) is 5.69 Å². The van der Waals surface area contributed by atoms with Gasteiger partial charge in [0.2, 0.25) is 15.9 Å². The van der Waals surface area contributed by atoms with Crippen LogP contribution in [0.25, 0.3) is 0 Å². The summed E-state index contributed by atoms with van der Waals surface area (Å²) in [4.78, 5) is 19.0. The number of thiazole rings is 1. The average molecular weight is 442 g/mol. The summed E-state index contributed by atoms with van der Waals surface area (Å²) in [5.41, 5.74) is 1.24.